The number of nitrogens with one attached hydrogen (secondary N) is 1. The summed E-state index contributed by atoms with van der Waals surface area (Å²) in [5.74, 6) is 2.38. The van der Waals surface area contributed by atoms with Gasteiger partial charge in [0, 0.05) is 5.92 Å². The lowest BCUT2D eigenvalue weighted by molar-refractivity contribution is 0.344. The highest BCUT2D eigenvalue weighted by Gasteiger charge is 2.22. The zero-order valence-corrected chi connectivity index (χ0v) is 9.74. The van der Waals surface area contributed by atoms with Crippen LogP contribution in [-0.2, 0) is 6.42 Å². The van der Waals surface area contributed by atoms with E-state index in [9.17, 15) is 0 Å². The van der Waals surface area contributed by atoms with Crippen molar-refractivity contribution in [2.45, 2.75) is 44.4 Å². The lowest BCUT2D eigenvalue weighted by atomic mass is 9.89. The third-order valence-corrected chi connectivity index (χ3v) is 3.89. The number of oxazole rings is 1. The van der Waals surface area contributed by atoms with Crippen molar-refractivity contribution in [3.8, 4) is 0 Å². The lowest BCUT2D eigenvalue weighted by Gasteiger charge is -2.25. The van der Waals surface area contributed by atoms with Crippen molar-refractivity contribution < 1.29 is 4.42 Å². The molecule has 0 unspecified atom stereocenters. The molecule has 1 N–H and O–H groups in total. The fourth-order valence-corrected chi connectivity index (χ4v) is 2.74. The summed E-state index contributed by atoms with van der Waals surface area (Å²) in [7, 11) is 0. The van der Waals surface area contributed by atoms with Gasteiger partial charge in [0.05, 0.1) is 5.69 Å². The summed E-state index contributed by atoms with van der Waals surface area (Å²) in [5, 5.41) is 3.29. The normalized spacial score (nSPS) is 23.2. The Morgan fingerprint density at radius 3 is 2.75 bits per heavy atom. The number of hydrogen-bond acceptors (Lipinski definition) is 3. The number of rotatable bonds is 3. The third kappa shape index (κ3) is 2.14. The second-order valence-corrected chi connectivity index (χ2v) is 5.24. The second-order valence-electron chi connectivity index (χ2n) is 5.24. The Morgan fingerprint density at radius 1 is 1.25 bits per heavy atom. The van der Waals surface area contributed by atoms with Crippen LogP contribution >= 0.6 is 0 Å². The maximum absolute atomic E-state index is 5.64. The minimum atomic E-state index is 0.599. The Balaban J connectivity index is 1.61. The Bertz CT molecular complexity index is 337. The first kappa shape index (κ1) is 10.3. The first-order valence-electron chi connectivity index (χ1n) is 6.57. The smallest absolute Gasteiger partial charge is 0.197 e. The van der Waals surface area contributed by atoms with Crippen LogP contribution in [0, 0.1) is 5.92 Å². The van der Waals surface area contributed by atoms with Crippen LogP contribution in [0.3, 0.4) is 0 Å². The largest absolute Gasteiger partial charge is 0.448 e. The van der Waals surface area contributed by atoms with Gasteiger partial charge in [0.15, 0.2) is 5.89 Å². The summed E-state index contributed by atoms with van der Waals surface area (Å²) in [6.45, 7) is 2.29. The van der Waals surface area contributed by atoms with Crippen molar-refractivity contribution in [2.75, 3.05) is 13.1 Å². The molecule has 1 saturated carbocycles. The van der Waals surface area contributed by atoms with Gasteiger partial charge in [-0.2, -0.15) is 0 Å². The molecule has 1 aliphatic heterocycles. The molecule has 1 aromatic rings. The van der Waals surface area contributed by atoms with Crippen LogP contribution in [0.5, 0.6) is 0 Å². The van der Waals surface area contributed by atoms with E-state index in [1.165, 1.54) is 32.1 Å². The first-order chi connectivity index (χ1) is 7.92. The second kappa shape index (κ2) is 4.58. The van der Waals surface area contributed by atoms with Crippen LogP contribution in [0.1, 0.15) is 49.6 Å². The van der Waals surface area contributed by atoms with Gasteiger partial charge in [-0.3, -0.25) is 0 Å². The van der Waals surface area contributed by atoms with Gasteiger partial charge < -0.3 is 9.73 Å². The van der Waals surface area contributed by atoms with E-state index in [2.05, 4.69) is 10.3 Å². The Hall–Kier alpha value is -0.830. The molecule has 3 rings (SSSR count). The molecule has 3 nitrogen and oxygen atoms in total. The van der Waals surface area contributed by atoms with Gasteiger partial charge >= 0.3 is 0 Å². The summed E-state index contributed by atoms with van der Waals surface area (Å²) in [4.78, 5) is 4.66. The van der Waals surface area contributed by atoms with E-state index in [0.29, 0.717) is 5.92 Å². The average Bonchev–Trinajstić information content (AvgIpc) is 2.73. The van der Waals surface area contributed by atoms with Crippen molar-refractivity contribution in [3.05, 3.63) is 17.8 Å². The molecule has 0 atom stereocenters. The molecule has 1 aromatic heterocycles. The molecule has 0 amide bonds. The first-order valence-corrected chi connectivity index (χ1v) is 6.57. The molecular formula is C13H20N2O. The highest BCUT2D eigenvalue weighted by Crippen LogP contribution is 2.32. The van der Waals surface area contributed by atoms with Gasteiger partial charge in [0.2, 0.25) is 0 Å². The van der Waals surface area contributed by atoms with Gasteiger partial charge in [-0.1, -0.05) is 19.3 Å². The van der Waals surface area contributed by atoms with Crippen LogP contribution in [0.25, 0.3) is 0 Å². The fourth-order valence-electron chi connectivity index (χ4n) is 2.74. The van der Waals surface area contributed by atoms with E-state index in [-0.39, 0.29) is 0 Å². The van der Waals surface area contributed by atoms with Gasteiger partial charge in [0.25, 0.3) is 0 Å². The lowest BCUT2D eigenvalue weighted by Crippen LogP contribution is -2.43. The molecule has 0 bridgehead atoms. The summed E-state index contributed by atoms with van der Waals surface area (Å²) in [5.41, 5.74) is 1.16. The standard InChI is InChI=1S/C13H20N2O/c1-2-4-11(5-3-1)13-15-12(9-16-13)6-10-7-14-8-10/h9-11,14H,1-8H2. The highest BCUT2D eigenvalue weighted by molar-refractivity contribution is 5.03. The van der Waals surface area contributed by atoms with Gasteiger partial charge in [-0.25, -0.2) is 4.98 Å². The van der Waals surface area contributed by atoms with Crippen LogP contribution in [-0.4, -0.2) is 18.1 Å². The number of aromatic nitrogens is 1. The topological polar surface area (TPSA) is 38.1 Å². The Labute approximate surface area is 96.6 Å². The summed E-state index contributed by atoms with van der Waals surface area (Å²) in [6, 6.07) is 0. The molecule has 2 fully saturated rings. The summed E-state index contributed by atoms with van der Waals surface area (Å²) >= 11 is 0. The minimum Gasteiger partial charge on any atom is -0.448 e. The van der Waals surface area contributed by atoms with E-state index < -0.39 is 0 Å². The van der Waals surface area contributed by atoms with Crippen molar-refractivity contribution in [1.82, 2.24) is 10.3 Å². The molecule has 1 aliphatic carbocycles. The van der Waals surface area contributed by atoms with Gasteiger partial charge in [-0.05, 0) is 38.3 Å². The van der Waals surface area contributed by atoms with Crippen LogP contribution in [0.15, 0.2) is 10.7 Å². The van der Waals surface area contributed by atoms with Gasteiger partial charge in [0.1, 0.15) is 6.26 Å². The quantitative estimate of drug-likeness (QED) is 0.850. The van der Waals surface area contributed by atoms with E-state index in [1.54, 1.807) is 0 Å². The highest BCUT2D eigenvalue weighted by atomic mass is 16.3. The molecule has 88 valence electrons. The molecule has 16 heavy (non-hydrogen) atoms. The van der Waals surface area contributed by atoms with E-state index in [1.807, 2.05) is 6.26 Å². The van der Waals surface area contributed by atoms with Crippen LogP contribution in [0.4, 0.5) is 0 Å². The molecule has 0 radical (unpaired) electrons. The van der Waals surface area contributed by atoms with Crippen LogP contribution < -0.4 is 5.32 Å². The molecular weight excluding hydrogens is 200 g/mol. The molecule has 2 aliphatic rings. The SMILES string of the molecule is c1oc(C2CCCCC2)nc1CC1CNC1. The number of hydrogen-bond donors (Lipinski definition) is 1. The number of nitrogens with zero attached hydrogens (tertiary/aromatic N) is 1. The molecule has 3 heteroatoms. The average molecular weight is 220 g/mol. The predicted octanol–water partition coefficient (Wildman–Crippen LogP) is 2.48. The molecule has 1 saturated heterocycles. The van der Waals surface area contributed by atoms with E-state index in [4.69, 9.17) is 4.42 Å². The summed E-state index contributed by atoms with van der Waals surface area (Å²) in [6.07, 6.45) is 9.57. The summed E-state index contributed by atoms with van der Waals surface area (Å²) < 4.78 is 5.64. The predicted molar refractivity (Wildman–Crippen MR) is 62.4 cm³/mol. The third-order valence-electron chi connectivity index (χ3n) is 3.89. The van der Waals surface area contributed by atoms with Crippen molar-refractivity contribution in [3.63, 3.8) is 0 Å². The van der Waals surface area contributed by atoms with Crippen molar-refractivity contribution in [1.29, 1.82) is 0 Å². The Kier molecular flexibility index (Phi) is 2.96. The van der Waals surface area contributed by atoms with E-state index >= 15 is 0 Å². The monoisotopic (exact) mass is 220 g/mol. The van der Waals surface area contributed by atoms with E-state index in [0.717, 1.165) is 37.0 Å². The minimum absolute atomic E-state index is 0.599. The Morgan fingerprint density at radius 2 is 2.06 bits per heavy atom. The van der Waals surface area contributed by atoms with Crippen molar-refractivity contribution in [2.24, 2.45) is 5.92 Å². The zero-order valence-electron chi connectivity index (χ0n) is 9.74. The van der Waals surface area contributed by atoms with Crippen LogP contribution in [0.2, 0.25) is 0 Å². The van der Waals surface area contributed by atoms with Crippen molar-refractivity contribution >= 4 is 0 Å². The fraction of sp³-hybridized carbons (Fsp3) is 0.769. The molecule has 2 heterocycles. The maximum atomic E-state index is 5.64. The molecule has 0 spiro atoms. The zero-order chi connectivity index (χ0) is 10.8. The molecule has 0 aromatic carbocycles. The maximum Gasteiger partial charge on any atom is 0.197 e. The van der Waals surface area contributed by atoms with Gasteiger partial charge in [-0.15, -0.1) is 0 Å².